The lowest BCUT2D eigenvalue weighted by atomic mass is 10.0. The number of alkyl halides is 3. The van der Waals surface area contributed by atoms with Gasteiger partial charge < -0.3 is 14.6 Å². The predicted octanol–water partition coefficient (Wildman–Crippen LogP) is 9.06. The first kappa shape index (κ1) is 32.5. The van der Waals surface area contributed by atoms with Gasteiger partial charge in [0.2, 0.25) is 11.7 Å². The van der Waals surface area contributed by atoms with Crippen molar-refractivity contribution in [2.45, 2.75) is 116 Å². The Balaban J connectivity index is 1.80. The van der Waals surface area contributed by atoms with E-state index < -0.39 is 23.6 Å². The van der Waals surface area contributed by atoms with E-state index in [4.69, 9.17) is 9.47 Å². The van der Waals surface area contributed by atoms with Crippen LogP contribution in [0, 0.1) is 0 Å². The number of nitrogens with zero attached hydrogens (tertiary/aromatic N) is 2. The number of aromatic hydroxyl groups is 1. The van der Waals surface area contributed by atoms with Gasteiger partial charge in [0.25, 0.3) is 0 Å². The second-order valence-electron chi connectivity index (χ2n) is 10.0. The molecule has 0 atom stereocenters. The molecule has 0 aliphatic carbocycles. The van der Waals surface area contributed by atoms with Crippen molar-refractivity contribution < 1.29 is 32.5 Å². The number of carbonyl (C=O) groups is 1. The smallest absolute Gasteiger partial charge is 0.450 e. The highest BCUT2D eigenvalue weighted by Gasteiger charge is 2.40. The molecule has 0 saturated carbocycles. The second kappa shape index (κ2) is 17.8. The Bertz CT molecular complexity index is 976. The first-order valence-corrected chi connectivity index (χ1v) is 14.6. The Labute approximate surface area is 230 Å². The minimum atomic E-state index is -4.89. The van der Waals surface area contributed by atoms with Gasteiger partial charge >= 0.3 is 6.18 Å². The molecule has 9 heteroatoms. The van der Waals surface area contributed by atoms with E-state index in [0.717, 1.165) is 19.3 Å². The first-order chi connectivity index (χ1) is 18.8. The molecule has 0 aliphatic rings. The van der Waals surface area contributed by atoms with Crippen LogP contribution in [0.25, 0.3) is 5.69 Å². The molecule has 1 N–H and O–H groups in total. The van der Waals surface area contributed by atoms with E-state index in [0.29, 0.717) is 23.3 Å². The van der Waals surface area contributed by atoms with E-state index in [-0.39, 0.29) is 24.3 Å². The SMILES string of the molecule is CCCCCCCCCCCCCCCCOc1ccc(-n2c(C(F)(F)F)nc(C=O)c2O)c(OCCC)c1. The number of benzene rings is 1. The molecule has 0 unspecified atom stereocenters. The van der Waals surface area contributed by atoms with Gasteiger partial charge in [-0.1, -0.05) is 97.3 Å². The van der Waals surface area contributed by atoms with Gasteiger partial charge in [0.15, 0.2) is 12.0 Å². The summed E-state index contributed by atoms with van der Waals surface area (Å²) in [6, 6.07) is 4.41. The standard InChI is InChI=1S/C30H45F3N2O4/c1-3-5-6-7-8-9-10-11-12-13-14-15-16-17-21-38-24-18-19-26(27(22-24)39-20-4-2)35-28(37)25(23-36)34-29(35)30(31,32)33/h18-19,22-23,37H,3-17,20-21H2,1-2H3. The van der Waals surface area contributed by atoms with E-state index in [1.165, 1.54) is 88.8 Å². The van der Waals surface area contributed by atoms with Crippen LogP contribution in [-0.2, 0) is 6.18 Å². The molecule has 1 aromatic carbocycles. The molecule has 220 valence electrons. The third-order valence-electron chi connectivity index (χ3n) is 6.64. The van der Waals surface area contributed by atoms with Gasteiger partial charge in [-0.05, 0) is 25.0 Å². The quantitative estimate of drug-likeness (QED) is 0.123. The molecule has 0 amide bonds. The third kappa shape index (κ3) is 11.1. The van der Waals surface area contributed by atoms with E-state index in [2.05, 4.69) is 11.9 Å². The van der Waals surface area contributed by atoms with Crippen LogP contribution in [0.1, 0.15) is 126 Å². The summed E-state index contributed by atoms with van der Waals surface area (Å²) in [5.74, 6) is -1.73. The van der Waals surface area contributed by atoms with Crippen LogP contribution in [0.2, 0.25) is 0 Å². The molecular formula is C30H45F3N2O4. The molecule has 39 heavy (non-hydrogen) atoms. The van der Waals surface area contributed by atoms with Crippen LogP contribution in [-0.4, -0.2) is 34.2 Å². The van der Waals surface area contributed by atoms with Crippen LogP contribution in [0.3, 0.4) is 0 Å². The molecule has 0 aliphatic heterocycles. The van der Waals surface area contributed by atoms with Crippen LogP contribution >= 0.6 is 0 Å². The number of imidazole rings is 1. The fraction of sp³-hybridized carbons (Fsp3) is 0.667. The Hall–Kier alpha value is -2.71. The largest absolute Gasteiger partial charge is 0.493 e. The molecule has 0 radical (unpaired) electrons. The summed E-state index contributed by atoms with van der Waals surface area (Å²) >= 11 is 0. The van der Waals surface area contributed by atoms with Crippen molar-refractivity contribution in [3.05, 3.63) is 29.7 Å². The number of hydrogen-bond donors (Lipinski definition) is 1. The van der Waals surface area contributed by atoms with Crippen molar-refractivity contribution in [1.29, 1.82) is 0 Å². The van der Waals surface area contributed by atoms with Gasteiger partial charge in [0, 0.05) is 6.07 Å². The van der Waals surface area contributed by atoms with Crippen molar-refractivity contribution in [1.82, 2.24) is 9.55 Å². The van der Waals surface area contributed by atoms with Crippen molar-refractivity contribution in [2.24, 2.45) is 0 Å². The monoisotopic (exact) mass is 554 g/mol. The summed E-state index contributed by atoms with van der Waals surface area (Å²) in [4.78, 5) is 14.4. The topological polar surface area (TPSA) is 73.6 Å². The number of ether oxygens (including phenoxy) is 2. The summed E-state index contributed by atoms with van der Waals surface area (Å²) in [5.41, 5.74) is -0.764. The fourth-order valence-corrected chi connectivity index (χ4v) is 4.51. The highest BCUT2D eigenvalue weighted by molar-refractivity contribution is 5.76. The van der Waals surface area contributed by atoms with Gasteiger partial charge in [0.1, 0.15) is 11.5 Å². The zero-order chi connectivity index (χ0) is 28.5. The average Bonchev–Trinajstić information content (AvgIpc) is 3.26. The first-order valence-electron chi connectivity index (χ1n) is 14.6. The zero-order valence-corrected chi connectivity index (χ0v) is 23.5. The number of rotatable bonds is 21. The summed E-state index contributed by atoms with van der Waals surface area (Å²) in [6.07, 6.45) is 13.5. The second-order valence-corrected chi connectivity index (χ2v) is 10.0. The molecule has 1 aromatic heterocycles. The molecule has 2 aromatic rings. The molecule has 0 fully saturated rings. The van der Waals surface area contributed by atoms with Gasteiger partial charge in [-0.3, -0.25) is 9.36 Å². The normalized spacial score (nSPS) is 11.6. The van der Waals surface area contributed by atoms with Crippen LogP contribution in [0.5, 0.6) is 17.4 Å². The van der Waals surface area contributed by atoms with Crippen LogP contribution in [0.4, 0.5) is 13.2 Å². The summed E-state index contributed by atoms with van der Waals surface area (Å²) in [7, 11) is 0. The highest BCUT2D eigenvalue weighted by Crippen LogP contribution is 2.39. The Kier molecular flexibility index (Phi) is 14.8. The molecule has 0 saturated heterocycles. The van der Waals surface area contributed by atoms with Gasteiger partial charge in [-0.15, -0.1) is 0 Å². The maximum atomic E-state index is 13.6. The minimum Gasteiger partial charge on any atom is -0.493 e. The van der Waals surface area contributed by atoms with E-state index in [1.807, 2.05) is 6.92 Å². The molecular weight excluding hydrogens is 509 g/mol. The Morgan fingerprint density at radius 1 is 0.821 bits per heavy atom. The molecule has 0 bridgehead atoms. The number of halogens is 3. The summed E-state index contributed by atoms with van der Waals surface area (Å²) < 4.78 is 52.8. The van der Waals surface area contributed by atoms with Crippen molar-refractivity contribution >= 4 is 6.29 Å². The van der Waals surface area contributed by atoms with Gasteiger partial charge in [-0.2, -0.15) is 13.2 Å². The maximum Gasteiger partial charge on any atom is 0.450 e. The fourth-order valence-electron chi connectivity index (χ4n) is 4.51. The lowest BCUT2D eigenvalue weighted by Gasteiger charge is -2.17. The number of aldehydes is 1. The van der Waals surface area contributed by atoms with Gasteiger partial charge in [0.05, 0.1) is 18.9 Å². The van der Waals surface area contributed by atoms with Crippen molar-refractivity contribution in [3.63, 3.8) is 0 Å². The average molecular weight is 555 g/mol. The highest BCUT2D eigenvalue weighted by atomic mass is 19.4. The van der Waals surface area contributed by atoms with E-state index in [1.54, 1.807) is 0 Å². The lowest BCUT2D eigenvalue weighted by molar-refractivity contribution is -0.146. The predicted molar refractivity (Wildman–Crippen MR) is 147 cm³/mol. The number of aromatic nitrogens is 2. The van der Waals surface area contributed by atoms with Crippen molar-refractivity contribution in [2.75, 3.05) is 13.2 Å². The zero-order valence-electron chi connectivity index (χ0n) is 23.5. The molecule has 0 spiro atoms. The molecule has 1 heterocycles. The van der Waals surface area contributed by atoms with Crippen LogP contribution < -0.4 is 9.47 Å². The third-order valence-corrected chi connectivity index (χ3v) is 6.64. The van der Waals surface area contributed by atoms with Gasteiger partial charge in [-0.25, -0.2) is 4.98 Å². The van der Waals surface area contributed by atoms with Crippen molar-refractivity contribution in [3.8, 4) is 23.1 Å². The van der Waals surface area contributed by atoms with E-state index >= 15 is 0 Å². The van der Waals surface area contributed by atoms with E-state index in [9.17, 15) is 23.1 Å². The Morgan fingerprint density at radius 3 is 1.90 bits per heavy atom. The van der Waals surface area contributed by atoms with Crippen LogP contribution in [0.15, 0.2) is 18.2 Å². The minimum absolute atomic E-state index is 0.0716. The Morgan fingerprint density at radius 2 is 1.38 bits per heavy atom. The summed E-state index contributed by atoms with van der Waals surface area (Å²) in [6.45, 7) is 4.86. The summed E-state index contributed by atoms with van der Waals surface area (Å²) in [5, 5.41) is 10.3. The lowest BCUT2D eigenvalue weighted by Crippen LogP contribution is -2.14. The maximum absolute atomic E-state index is 13.6. The number of hydrogen-bond acceptors (Lipinski definition) is 5. The molecule has 2 rings (SSSR count). The number of carbonyl (C=O) groups excluding carboxylic acids is 1. The molecule has 6 nitrogen and oxygen atoms in total. The number of unbranched alkanes of at least 4 members (excludes halogenated alkanes) is 13.